The molecule has 0 radical (unpaired) electrons. The topological polar surface area (TPSA) is 26.0 Å². The highest BCUT2D eigenvalue weighted by atomic mass is 14.6. The van der Waals surface area contributed by atoms with E-state index in [2.05, 4.69) is 6.92 Å². The maximum Gasteiger partial charge on any atom is -0.00462 e. The van der Waals surface area contributed by atoms with E-state index in [1.165, 1.54) is 89.9 Å². The van der Waals surface area contributed by atoms with E-state index in [9.17, 15) is 0 Å². The molecular formula is C18H37N. The van der Waals surface area contributed by atoms with Crippen LogP contribution in [-0.4, -0.2) is 6.54 Å². The minimum absolute atomic E-state index is 0.860. The molecule has 0 amide bonds. The highest BCUT2D eigenvalue weighted by Crippen LogP contribution is 2.34. The molecule has 114 valence electrons. The summed E-state index contributed by atoms with van der Waals surface area (Å²) in [5.41, 5.74) is 5.84. The fourth-order valence-electron chi connectivity index (χ4n) is 3.70. The summed E-state index contributed by atoms with van der Waals surface area (Å²) < 4.78 is 0. The number of hydrogen-bond donors (Lipinski definition) is 1. The van der Waals surface area contributed by atoms with Gasteiger partial charge in [0.05, 0.1) is 0 Å². The molecule has 0 aliphatic heterocycles. The van der Waals surface area contributed by atoms with Crippen LogP contribution in [0.1, 0.15) is 96.8 Å². The van der Waals surface area contributed by atoms with Crippen molar-refractivity contribution >= 4 is 0 Å². The molecule has 1 heteroatoms. The van der Waals surface area contributed by atoms with Gasteiger partial charge in [-0.25, -0.2) is 0 Å². The lowest BCUT2D eigenvalue weighted by molar-refractivity contribution is 0.357. The van der Waals surface area contributed by atoms with E-state index < -0.39 is 0 Å². The van der Waals surface area contributed by atoms with Gasteiger partial charge in [0.25, 0.3) is 0 Å². The Kier molecular flexibility index (Phi) is 10.5. The first kappa shape index (κ1) is 17.0. The summed E-state index contributed by atoms with van der Waals surface area (Å²) in [6.45, 7) is 3.22. The van der Waals surface area contributed by atoms with Crippen LogP contribution < -0.4 is 5.73 Å². The van der Waals surface area contributed by atoms with Crippen LogP contribution in [0.25, 0.3) is 0 Å². The van der Waals surface area contributed by atoms with E-state index in [-0.39, 0.29) is 0 Å². The molecule has 1 nitrogen and oxygen atoms in total. The van der Waals surface area contributed by atoms with Crippen molar-refractivity contribution in [2.75, 3.05) is 6.54 Å². The Morgan fingerprint density at radius 1 is 0.737 bits per heavy atom. The average molecular weight is 268 g/mol. The second-order valence-corrected chi connectivity index (χ2v) is 6.66. The molecule has 1 rings (SSSR count). The fraction of sp³-hybridized carbons (Fsp3) is 1.00. The van der Waals surface area contributed by atoms with E-state index in [0.717, 1.165) is 18.4 Å². The lowest BCUT2D eigenvalue weighted by Crippen LogP contribution is -2.18. The van der Waals surface area contributed by atoms with E-state index >= 15 is 0 Å². The van der Waals surface area contributed by atoms with E-state index in [1.54, 1.807) is 0 Å². The molecule has 0 aromatic heterocycles. The third-order valence-corrected chi connectivity index (χ3v) is 5.05. The summed E-state index contributed by atoms with van der Waals surface area (Å²) >= 11 is 0. The smallest absolute Gasteiger partial charge is 0.00462 e. The molecule has 1 aliphatic rings. The maximum absolute atomic E-state index is 5.84. The Labute approximate surface area is 121 Å². The first-order chi connectivity index (χ1) is 9.38. The molecule has 1 saturated carbocycles. The summed E-state index contributed by atoms with van der Waals surface area (Å²) in [6.07, 6.45) is 20.3. The molecular weight excluding hydrogens is 230 g/mol. The lowest BCUT2D eigenvalue weighted by atomic mass is 9.90. The number of nitrogens with two attached hydrogens (primary N) is 1. The fourth-order valence-corrected chi connectivity index (χ4v) is 3.70. The van der Waals surface area contributed by atoms with E-state index in [1.807, 2.05) is 0 Å². The van der Waals surface area contributed by atoms with Crippen LogP contribution in [0.3, 0.4) is 0 Å². The van der Waals surface area contributed by atoms with Crippen LogP contribution in [0.5, 0.6) is 0 Å². The van der Waals surface area contributed by atoms with Gasteiger partial charge in [0.2, 0.25) is 0 Å². The lowest BCUT2D eigenvalue weighted by Gasteiger charge is -2.17. The van der Waals surface area contributed by atoms with Crippen molar-refractivity contribution < 1.29 is 0 Å². The minimum atomic E-state index is 0.860. The third-order valence-electron chi connectivity index (χ3n) is 5.05. The average Bonchev–Trinajstić information content (AvgIpc) is 2.88. The predicted octanol–water partition coefficient (Wildman–Crippen LogP) is 5.67. The summed E-state index contributed by atoms with van der Waals surface area (Å²) in [4.78, 5) is 0. The van der Waals surface area contributed by atoms with Gasteiger partial charge in [0.15, 0.2) is 0 Å². The molecule has 0 aromatic carbocycles. The summed E-state index contributed by atoms with van der Waals surface area (Å²) in [6, 6.07) is 0. The van der Waals surface area contributed by atoms with Crippen LogP contribution in [0.15, 0.2) is 0 Å². The van der Waals surface area contributed by atoms with Crippen LogP contribution in [0.4, 0.5) is 0 Å². The van der Waals surface area contributed by atoms with Crippen LogP contribution in [-0.2, 0) is 0 Å². The number of unbranched alkanes of at least 4 members (excludes halogenated alkanes) is 9. The highest BCUT2D eigenvalue weighted by molar-refractivity contribution is 4.77. The summed E-state index contributed by atoms with van der Waals surface area (Å²) in [5.74, 6) is 1.83. The normalized spacial score (nSPS) is 23.1. The van der Waals surface area contributed by atoms with Gasteiger partial charge in [-0.2, -0.15) is 0 Å². The molecule has 0 spiro atoms. The Hall–Kier alpha value is -0.0400. The zero-order valence-electron chi connectivity index (χ0n) is 13.3. The highest BCUT2D eigenvalue weighted by Gasteiger charge is 2.24. The quantitative estimate of drug-likeness (QED) is 0.453. The standard InChI is InChI=1S/C18H37N/c1-2-3-4-5-6-7-8-9-10-11-13-17-14-12-15-18(17)16-19/h17-18H,2-16,19H2,1H3. The first-order valence-electron chi connectivity index (χ1n) is 9.08. The van der Waals surface area contributed by atoms with Crippen molar-refractivity contribution in [2.45, 2.75) is 96.8 Å². The minimum Gasteiger partial charge on any atom is -0.330 e. The number of rotatable bonds is 12. The van der Waals surface area contributed by atoms with Gasteiger partial charge >= 0.3 is 0 Å². The zero-order chi connectivity index (χ0) is 13.8. The Morgan fingerprint density at radius 2 is 1.26 bits per heavy atom. The van der Waals surface area contributed by atoms with Crippen molar-refractivity contribution in [3.63, 3.8) is 0 Å². The zero-order valence-corrected chi connectivity index (χ0v) is 13.3. The van der Waals surface area contributed by atoms with Gasteiger partial charge in [-0.05, 0) is 24.8 Å². The van der Waals surface area contributed by atoms with Crippen LogP contribution >= 0.6 is 0 Å². The molecule has 2 N–H and O–H groups in total. The summed E-state index contributed by atoms with van der Waals surface area (Å²) in [7, 11) is 0. The monoisotopic (exact) mass is 267 g/mol. The summed E-state index contributed by atoms with van der Waals surface area (Å²) in [5, 5.41) is 0. The molecule has 19 heavy (non-hydrogen) atoms. The molecule has 0 heterocycles. The van der Waals surface area contributed by atoms with Crippen LogP contribution in [0.2, 0.25) is 0 Å². The third kappa shape index (κ3) is 7.97. The molecule has 2 unspecified atom stereocenters. The van der Waals surface area contributed by atoms with Gasteiger partial charge in [-0.1, -0.05) is 90.4 Å². The van der Waals surface area contributed by atoms with E-state index in [4.69, 9.17) is 5.73 Å². The van der Waals surface area contributed by atoms with Gasteiger partial charge in [-0.15, -0.1) is 0 Å². The Balaban J connectivity index is 1.81. The SMILES string of the molecule is CCCCCCCCCCCCC1CCCC1CN. The van der Waals surface area contributed by atoms with Crippen molar-refractivity contribution in [1.29, 1.82) is 0 Å². The van der Waals surface area contributed by atoms with Crippen molar-refractivity contribution in [2.24, 2.45) is 17.6 Å². The molecule has 1 fully saturated rings. The maximum atomic E-state index is 5.84. The van der Waals surface area contributed by atoms with Crippen LogP contribution in [0, 0.1) is 11.8 Å². The van der Waals surface area contributed by atoms with Gasteiger partial charge < -0.3 is 5.73 Å². The molecule has 0 aromatic rings. The van der Waals surface area contributed by atoms with Gasteiger partial charge in [0.1, 0.15) is 0 Å². The second kappa shape index (κ2) is 11.8. The first-order valence-corrected chi connectivity index (χ1v) is 9.08. The molecule has 0 bridgehead atoms. The van der Waals surface area contributed by atoms with Crippen molar-refractivity contribution in [3.8, 4) is 0 Å². The Bertz CT molecular complexity index is 190. The molecule has 0 saturated heterocycles. The van der Waals surface area contributed by atoms with Gasteiger partial charge in [-0.3, -0.25) is 0 Å². The second-order valence-electron chi connectivity index (χ2n) is 6.66. The van der Waals surface area contributed by atoms with Crippen molar-refractivity contribution in [1.82, 2.24) is 0 Å². The van der Waals surface area contributed by atoms with Crippen molar-refractivity contribution in [3.05, 3.63) is 0 Å². The van der Waals surface area contributed by atoms with E-state index in [0.29, 0.717) is 0 Å². The predicted molar refractivity (Wildman–Crippen MR) is 86.3 cm³/mol. The number of hydrogen-bond acceptors (Lipinski definition) is 1. The Morgan fingerprint density at radius 3 is 1.84 bits per heavy atom. The molecule has 2 atom stereocenters. The largest absolute Gasteiger partial charge is 0.330 e. The molecule has 1 aliphatic carbocycles. The van der Waals surface area contributed by atoms with Gasteiger partial charge in [0, 0.05) is 0 Å².